The fourth-order valence-electron chi connectivity index (χ4n) is 1.62. The molecule has 19 heavy (non-hydrogen) atoms. The lowest BCUT2D eigenvalue weighted by atomic mass is 10.2. The van der Waals surface area contributed by atoms with Crippen LogP contribution in [0.1, 0.15) is 5.56 Å². The molecule has 2 aromatic rings. The Labute approximate surface area is 126 Å². The van der Waals surface area contributed by atoms with Crippen molar-refractivity contribution in [3.05, 3.63) is 57.5 Å². The zero-order chi connectivity index (χ0) is 13.7. The first-order chi connectivity index (χ1) is 9.15. The van der Waals surface area contributed by atoms with Crippen LogP contribution in [-0.4, -0.2) is 13.2 Å². The van der Waals surface area contributed by atoms with E-state index in [0.717, 1.165) is 16.7 Å². The van der Waals surface area contributed by atoms with Crippen molar-refractivity contribution < 1.29 is 4.74 Å². The molecule has 0 bridgehead atoms. The minimum atomic E-state index is 0.560. The summed E-state index contributed by atoms with van der Waals surface area (Å²) >= 11 is 9.44. The molecule has 4 heteroatoms. The lowest BCUT2D eigenvalue weighted by Crippen LogP contribution is -2.11. The third-order valence-corrected chi connectivity index (χ3v) is 3.44. The normalized spacial score (nSPS) is 10.3. The second-order valence-electron chi connectivity index (χ2n) is 4.22. The summed E-state index contributed by atoms with van der Waals surface area (Å²) in [5.74, 6) is 0.696. The molecule has 2 aromatic carbocycles. The van der Waals surface area contributed by atoms with E-state index in [1.54, 1.807) is 0 Å². The van der Waals surface area contributed by atoms with Gasteiger partial charge in [0.05, 0.1) is 5.02 Å². The number of nitrogens with one attached hydrogen (secondary N) is 1. The molecule has 0 aliphatic heterocycles. The molecule has 0 fully saturated rings. The summed E-state index contributed by atoms with van der Waals surface area (Å²) in [6.07, 6.45) is 0. The molecule has 1 N–H and O–H groups in total. The number of aryl methyl sites for hydroxylation is 1. The highest BCUT2D eigenvalue weighted by Gasteiger charge is 2.01. The summed E-state index contributed by atoms with van der Waals surface area (Å²) in [6.45, 7) is 3.36. The number of benzene rings is 2. The highest BCUT2D eigenvalue weighted by molar-refractivity contribution is 9.10. The van der Waals surface area contributed by atoms with Crippen molar-refractivity contribution in [1.29, 1.82) is 0 Å². The van der Waals surface area contributed by atoms with Crippen molar-refractivity contribution in [1.82, 2.24) is 0 Å². The molecule has 0 aromatic heterocycles. The molecule has 0 heterocycles. The number of halogens is 2. The van der Waals surface area contributed by atoms with Crippen LogP contribution in [0.2, 0.25) is 5.02 Å². The minimum Gasteiger partial charge on any atom is -0.490 e. The number of rotatable bonds is 5. The fraction of sp³-hybridized carbons (Fsp3) is 0.200. The van der Waals surface area contributed by atoms with Gasteiger partial charge in [-0.3, -0.25) is 0 Å². The average Bonchev–Trinajstić information content (AvgIpc) is 2.40. The maximum atomic E-state index is 6.04. The first-order valence-corrected chi connectivity index (χ1v) is 7.20. The molecule has 0 atom stereocenters. The van der Waals surface area contributed by atoms with Gasteiger partial charge in [-0.15, -0.1) is 0 Å². The molecular formula is C15H15BrClNO. The third kappa shape index (κ3) is 4.44. The summed E-state index contributed by atoms with van der Waals surface area (Å²) in [7, 11) is 0. The Morgan fingerprint density at radius 3 is 2.63 bits per heavy atom. The summed E-state index contributed by atoms with van der Waals surface area (Å²) in [6, 6.07) is 13.8. The molecule has 0 saturated heterocycles. The van der Waals surface area contributed by atoms with E-state index in [1.807, 2.05) is 18.2 Å². The second kappa shape index (κ2) is 6.83. The Balaban J connectivity index is 1.80. The van der Waals surface area contributed by atoms with Crippen LogP contribution in [0.4, 0.5) is 5.69 Å². The van der Waals surface area contributed by atoms with Gasteiger partial charge in [-0.25, -0.2) is 0 Å². The summed E-state index contributed by atoms with van der Waals surface area (Å²) in [5, 5.41) is 3.92. The molecule has 2 rings (SSSR count). The van der Waals surface area contributed by atoms with Gasteiger partial charge >= 0.3 is 0 Å². The van der Waals surface area contributed by atoms with Gasteiger partial charge in [0, 0.05) is 16.7 Å². The van der Waals surface area contributed by atoms with Gasteiger partial charge in [-0.05, 0) is 37.3 Å². The third-order valence-electron chi connectivity index (χ3n) is 2.63. The maximum Gasteiger partial charge on any atom is 0.139 e. The molecule has 0 radical (unpaired) electrons. The van der Waals surface area contributed by atoms with E-state index in [2.05, 4.69) is 52.4 Å². The van der Waals surface area contributed by atoms with Crippen molar-refractivity contribution in [2.75, 3.05) is 18.5 Å². The van der Waals surface area contributed by atoms with Gasteiger partial charge < -0.3 is 10.1 Å². The largest absolute Gasteiger partial charge is 0.490 e. The zero-order valence-electron chi connectivity index (χ0n) is 10.6. The predicted octanol–water partition coefficient (Wildman–Crippen LogP) is 4.90. The first-order valence-electron chi connectivity index (χ1n) is 6.03. The Morgan fingerprint density at radius 2 is 1.89 bits per heavy atom. The van der Waals surface area contributed by atoms with Crippen LogP contribution in [0.25, 0.3) is 0 Å². The van der Waals surface area contributed by atoms with E-state index in [1.165, 1.54) is 5.56 Å². The Bertz CT molecular complexity index is 542. The van der Waals surface area contributed by atoms with Crippen LogP contribution in [0.3, 0.4) is 0 Å². The predicted molar refractivity (Wildman–Crippen MR) is 84.3 cm³/mol. The van der Waals surface area contributed by atoms with Crippen molar-refractivity contribution in [2.45, 2.75) is 6.92 Å². The van der Waals surface area contributed by atoms with Crippen molar-refractivity contribution >= 4 is 33.2 Å². The van der Waals surface area contributed by atoms with Gasteiger partial charge in [-0.2, -0.15) is 0 Å². The van der Waals surface area contributed by atoms with Gasteiger partial charge in [0.1, 0.15) is 12.4 Å². The standard InChI is InChI=1S/C15H15BrClNO/c1-11-2-5-13(6-3-11)18-8-9-19-15-10-12(16)4-7-14(15)17/h2-7,10,18H,8-9H2,1H3. The van der Waals surface area contributed by atoms with E-state index >= 15 is 0 Å². The minimum absolute atomic E-state index is 0.560. The Morgan fingerprint density at radius 1 is 1.16 bits per heavy atom. The molecule has 0 saturated carbocycles. The van der Waals surface area contributed by atoms with E-state index < -0.39 is 0 Å². The van der Waals surface area contributed by atoms with Gasteiger partial charge in [0.2, 0.25) is 0 Å². The molecule has 0 aliphatic carbocycles. The topological polar surface area (TPSA) is 21.3 Å². The highest BCUT2D eigenvalue weighted by atomic mass is 79.9. The molecule has 0 spiro atoms. The van der Waals surface area contributed by atoms with Crippen LogP contribution in [-0.2, 0) is 0 Å². The summed E-state index contributed by atoms with van der Waals surface area (Å²) < 4.78 is 6.60. The lowest BCUT2D eigenvalue weighted by Gasteiger charge is -2.10. The van der Waals surface area contributed by atoms with Crippen LogP contribution in [0, 0.1) is 6.92 Å². The first kappa shape index (κ1) is 14.2. The van der Waals surface area contributed by atoms with Gasteiger partial charge in [-0.1, -0.05) is 45.2 Å². The summed E-state index contributed by atoms with van der Waals surface area (Å²) in [5.41, 5.74) is 2.34. The summed E-state index contributed by atoms with van der Waals surface area (Å²) in [4.78, 5) is 0. The van der Waals surface area contributed by atoms with E-state index in [4.69, 9.17) is 16.3 Å². The average molecular weight is 341 g/mol. The Hall–Kier alpha value is -1.19. The van der Waals surface area contributed by atoms with E-state index in [9.17, 15) is 0 Å². The Kier molecular flexibility index (Phi) is 5.11. The quantitative estimate of drug-likeness (QED) is 0.782. The van der Waals surface area contributed by atoms with Crippen LogP contribution in [0.15, 0.2) is 46.9 Å². The van der Waals surface area contributed by atoms with Crippen molar-refractivity contribution in [3.8, 4) is 5.75 Å². The molecular weight excluding hydrogens is 326 g/mol. The molecule has 100 valence electrons. The number of ether oxygens (including phenoxy) is 1. The smallest absolute Gasteiger partial charge is 0.139 e. The molecule has 0 amide bonds. The van der Waals surface area contributed by atoms with Crippen LogP contribution < -0.4 is 10.1 Å². The fourth-order valence-corrected chi connectivity index (χ4v) is 2.13. The van der Waals surface area contributed by atoms with Crippen molar-refractivity contribution in [3.63, 3.8) is 0 Å². The number of hydrogen-bond donors (Lipinski definition) is 1. The van der Waals surface area contributed by atoms with Crippen LogP contribution >= 0.6 is 27.5 Å². The van der Waals surface area contributed by atoms with Crippen molar-refractivity contribution in [2.24, 2.45) is 0 Å². The van der Waals surface area contributed by atoms with E-state index in [0.29, 0.717) is 17.4 Å². The van der Waals surface area contributed by atoms with Gasteiger partial charge in [0.15, 0.2) is 0 Å². The second-order valence-corrected chi connectivity index (χ2v) is 5.54. The molecule has 0 unspecified atom stereocenters. The monoisotopic (exact) mass is 339 g/mol. The molecule has 2 nitrogen and oxygen atoms in total. The number of hydrogen-bond acceptors (Lipinski definition) is 2. The number of anilines is 1. The lowest BCUT2D eigenvalue weighted by molar-refractivity contribution is 0.333. The molecule has 0 aliphatic rings. The van der Waals surface area contributed by atoms with Gasteiger partial charge in [0.25, 0.3) is 0 Å². The van der Waals surface area contributed by atoms with Crippen LogP contribution in [0.5, 0.6) is 5.75 Å². The highest BCUT2D eigenvalue weighted by Crippen LogP contribution is 2.27. The zero-order valence-corrected chi connectivity index (χ0v) is 13.0. The van der Waals surface area contributed by atoms with E-state index in [-0.39, 0.29) is 0 Å². The maximum absolute atomic E-state index is 6.04. The SMILES string of the molecule is Cc1ccc(NCCOc2cc(Br)ccc2Cl)cc1.